The van der Waals surface area contributed by atoms with Crippen molar-refractivity contribution in [3.05, 3.63) is 83.7 Å². The molecule has 0 radical (unpaired) electrons. The van der Waals surface area contributed by atoms with Crippen LogP contribution in [0.15, 0.2) is 66.7 Å². The molecule has 14 heteroatoms. The molecule has 0 aliphatic carbocycles. The molecule has 0 saturated carbocycles. The first-order valence-electron chi connectivity index (χ1n) is 14.5. The third-order valence-corrected chi connectivity index (χ3v) is 6.75. The fourth-order valence-corrected chi connectivity index (χ4v) is 4.08. The van der Waals surface area contributed by atoms with Gasteiger partial charge in [-0.15, -0.1) is 0 Å². The average molecular weight is 677 g/mol. The number of unbranched alkanes of at least 4 members (excludes halogenated alkanes) is 1. The van der Waals surface area contributed by atoms with E-state index in [0.717, 1.165) is 42.5 Å². The average Bonchev–Trinajstić information content (AvgIpc) is 3.01. The Morgan fingerprint density at radius 2 is 1.36 bits per heavy atom. The molecule has 6 nitrogen and oxygen atoms in total. The molecule has 0 N–H and O–H groups in total. The zero-order valence-electron chi connectivity index (χ0n) is 25.4. The molecule has 3 rings (SSSR count). The number of ether oxygens (including phenoxy) is 4. The first-order valence-corrected chi connectivity index (χ1v) is 14.5. The molecule has 1 unspecified atom stereocenters. The molecule has 0 aliphatic heterocycles. The van der Waals surface area contributed by atoms with Gasteiger partial charge in [-0.25, -0.2) is 14.0 Å². The van der Waals surface area contributed by atoms with Gasteiger partial charge in [0.05, 0.1) is 30.4 Å². The fourth-order valence-electron chi connectivity index (χ4n) is 4.08. The second kappa shape index (κ2) is 16.1. The number of hydrogen-bond donors (Lipinski definition) is 0. The fraction of sp³-hybridized carbons (Fsp3) is 0.394. The zero-order chi connectivity index (χ0) is 34.8. The monoisotopic (exact) mass is 676 g/mol. The molecule has 3 aromatic rings. The van der Waals surface area contributed by atoms with Crippen LogP contribution in [0.5, 0.6) is 11.5 Å². The van der Waals surface area contributed by atoms with Gasteiger partial charge in [-0.1, -0.05) is 44.0 Å². The van der Waals surface area contributed by atoms with E-state index >= 15 is 0 Å². The van der Waals surface area contributed by atoms with Crippen molar-refractivity contribution in [1.82, 2.24) is 0 Å². The number of carbonyl (C=O) groups is 2. The van der Waals surface area contributed by atoms with E-state index in [9.17, 15) is 44.7 Å². The summed E-state index contributed by atoms with van der Waals surface area (Å²) in [5.74, 6) is -14.1. The Morgan fingerprint density at radius 3 is 1.94 bits per heavy atom. The van der Waals surface area contributed by atoms with Crippen molar-refractivity contribution in [3.63, 3.8) is 0 Å². The van der Waals surface area contributed by atoms with Gasteiger partial charge < -0.3 is 18.9 Å². The minimum Gasteiger partial charge on any atom is -0.493 e. The molecule has 256 valence electrons. The second-order valence-corrected chi connectivity index (χ2v) is 10.5. The third-order valence-electron chi connectivity index (χ3n) is 6.75. The Kier molecular flexibility index (Phi) is 12.7. The van der Waals surface area contributed by atoms with Crippen LogP contribution in [-0.4, -0.2) is 55.9 Å². The maximum Gasteiger partial charge on any atom is 0.459 e. The smallest absolute Gasteiger partial charge is 0.459 e. The first kappa shape index (κ1) is 37.3. The van der Waals surface area contributed by atoms with Gasteiger partial charge in [0.1, 0.15) is 23.9 Å². The SMILES string of the molecule is CCCCC(C)OC(=O)c1ccc(-c2ccc(OC(=O)c3ccc(OCCCOCC(F)(F)C(F)(F)C(F)(F)F)cc3F)cc2)cc1. The molecule has 0 aliphatic rings. The molecule has 0 heterocycles. The van der Waals surface area contributed by atoms with E-state index in [0.29, 0.717) is 5.56 Å². The van der Waals surface area contributed by atoms with Crippen molar-refractivity contribution in [2.24, 2.45) is 0 Å². The molecule has 0 amide bonds. The predicted octanol–water partition coefficient (Wildman–Crippen LogP) is 9.07. The number of benzene rings is 3. The highest BCUT2D eigenvalue weighted by Crippen LogP contribution is 2.46. The third kappa shape index (κ3) is 10.1. The largest absolute Gasteiger partial charge is 0.493 e. The molecule has 0 aromatic heterocycles. The normalized spacial score (nSPS) is 12.8. The van der Waals surface area contributed by atoms with Crippen molar-refractivity contribution < 1.29 is 63.7 Å². The van der Waals surface area contributed by atoms with E-state index in [1.807, 2.05) is 6.92 Å². The van der Waals surface area contributed by atoms with Crippen molar-refractivity contribution in [1.29, 1.82) is 0 Å². The summed E-state index contributed by atoms with van der Waals surface area (Å²) >= 11 is 0. The van der Waals surface area contributed by atoms with Gasteiger partial charge in [-0.2, -0.15) is 30.7 Å². The van der Waals surface area contributed by atoms with Crippen LogP contribution in [0.2, 0.25) is 0 Å². The topological polar surface area (TPSA) is 71.1 Å². The van der Waals surface area contributed by atoms with Crippen molar-refractivity contribution in [3.8, 4) is 22.6 Å². The summed E-state index contributed by atoms with van der Waals surface area (Å²) in [6, 6.07) is 16.3. The van der Waals surface area contributed by atoms with Crippen LogP contribution in [0.25, 0.3) is 11.1 Å². The molecule has 0 spiro atoms. The first-order chi connectivity index (χ1) is 22.1. The van der Waals surface area contributed by atoms with Crippen LogP contribution in [0.1, 0.15) is 60.2 Å². The van der Waals surface area contributed by atoms with E-state index in [-0.39, 0.29) is 30.6 Å². The number of alkyl halides is 7. The Bertz CT molecular complexity index is 1470. The number of esters is 2. The lowest BCUT2D eigenvalue weighted by Gasteiger charge is -2.27. The Labute approximate surface area is 265 Å². The lowest BCUT2D eigenvalue weighted by Crippen LogP contribution is -2.54. The minimum absolute atomic E-state index is 0.0809. The summed E-state index contributed by atoms with van der Waals surface area (Å²) < 4.78 is 123. The Morgan fingerprint density at radius 1 is 0.766 bits per heavy atom. The van der Waals surface area contributed by atoms with Gasteiger partial charge in [0.2, 0.25) is 0 Å². The van der Waals surface area contributed by atoms with Crippen LogP contribution in [0.4, 0.5) is 35.1 Å². The van der Waals surface area contributed by atoms with Crippen LogP contribution in [-0.2, 0) is 9.47 Å². The molecule has 0 fully saturated rings. The lowest BCUT2D eigenvalue weighted by atomic mass is 10.0. The molecule has 3 aromatic carbocycles. The van der Waals surface area contributed by atoms with Crippen LogP contribution in [0.3, 0.4) is 0 Å². The van der Waals surface area contributed by atoms with E-state index in [1.54, 1.807) is 36.4 Å². The Balaban J connectivity index is 1.47. The van der Waals surface area contributed by atoms with Gasteiger partial charge in [0, 0.05) is 12.5 Å². The predicted molar refractivity (Wildman–Crippen MR) is 155 cm³/mol. The maximum absolute atomic E-state index is 14.6. The van der Waals surface area contributed by atoms with Crippen LogP contribution in [0, 0.1) is 5.82 Å². The highest BCUT2D eigenvalue weighted by atomic mass is 19.4. The summed E-state index contributed by atoms with van der Waals surface area (Å²) in [5, 5.41) is 0. The summed E-state index contributed by atoms with van der Waals surface area (Å²) in [6.07, 6.45) is -4.08. The molecular formula is C33H32F8O6. The van der Waals surface area contributed by atoms with Crippen LogP contribution < -0.4 is 9.47 Å². The number of hydrogen-bond acceptors (Lipinski definition) is 6. The molecule has 0 bridgehead atoms. The quantitative estimate of drug-likeness (QED) is 0.0653. The van der Waals surface area contributed by atoms with Gasteiger partial charge in [0.25, 0.3) is 0 Å². The zero-order valence-corrected chi connectivity index (χ0v) is 25.4. The lowest BCUT2D eigenvalue weighted by molar-refractivity contribution is -0.361. The highest BCUT2D eigenvalue weighted by Gasteiger charge is 2.72. The van der Waals surface area contributed by atoms with Gasteiger partial charge in [0.15, 0.2) is 0 Å². The Hall–Kier alpha value is -4.20. The van der Waals surface area contributed by atoms with Crippen molar-refractivity contribution in [2.75, 3.05) is 19.8 Å². The highest BCUT2D eigenvalue weighted by molar-refractivity contribution is 5.92. The molecular weight excluding hydrogens is 644 g/mol. The second-order valence-electron chi connectivity index (χ2n) is 10.5. The molecule has 0 saturated heterocycles. The van der Waals surface area contributed by atoms with Gasteiger partial charge in [-0.05, 0) is 60.9 Å². The van der Waals surface area contributed by atoms with Gasteiger partial charge >= 0.3 is 30.0 Å². The number of halogens is 8. The standard InChI is InChI=1S/C33H32F8O6/c1-3-4-6-21(2)46-29(42)24-9-7-22(8-10-24)23-11-13-25(14-12-23)47-30(43)27-16-15-26(19-28(27)34)45-18-5-17-44-20-31(35,36)32(37,38)33(39,40)41/h7-16,19,21H,3-6,17-18,20H2,1-2H3. The van der Waals surface area contributed by atoms with Gasteiger partial charge in [-0.3, -0.25) is 0 Å². The summed E-state index contributed by atoms with van der Waals surface area (Å²) in [7, 11) is 0. The van der Waals surface area contributed by atoms with E-state index in [2.05, 4.69) is 11.7 Å². The van der Waals surface area contributed by atoms with E-state index < -0.39 is 54.6 Å². The van der Waals surface area contributed by atoms with E-state index in [1.165, 1.54) is 18.2 Å². The van der Waals surface area contributed by atoms with Crippen molar-refractivity contribution in [2.45, 2.75) is 63.7 Å². The summed E-state index contributed by atoms with van der Waals surface area (Å²) in [6.45, 7) is 0.805. The summed E-state index contributed by atoms with van der Waals surface area (Å²) in [5.41, 5.74) is 1.53. The van der Waals surface area contributed by atoms with Crippen molar-refractivity contribution >= 4 is 11.9 Å². The maximum atomic E-state index is 14.6. The minimum atomic E-state index is -6.45. The molecule has 1 atom stereocenters. The molecule has 47 heavy (non-hydrogen) atoms. The van der Waals surface area contributed by atoms with Crippen LogP contribution >= 0.6 is 0 Å². The summed E-state index contributed by atoms with van der Waals surface area (Å²) in [4.78, 5) is 24.9. The number of carbonyl (C=O) groups excluding carboxylic acids is 2. The number of rotatable bonds is 16. The van der Waals surface area contributed by atoms with E-state index in [4.69, 9.17) is 14.2 Å².